The molecule has 3 heterocycles. The van der Waals surface area contributed by atoms with Gasteiger partial charge in [0.2, 0.25) is 12.3 Å². The smallest absolute Gasteiger partial charge is 0.270 e. The van der Waals surface area contributed by atoms with Crippen LogP contribution in [0, 0.1) is 0 Å². The first-order chi connectivity index (χ1) is 17.1. The van der Waals surface area contributed by atoms with Crippen molar-refractivity contribution in [2.45, 2.75) is 6.42 Å². The fourth-order valence-electron chi connectivity index (χ4n) is 3.92. The van der Waals surface area contributed by atoms with Gasteiger partial charge < -0.3 is 20.0 Å². The number of carbonyl (C=O) groups is 2. The second kappa shape index (κ2) is 9.72. The molecular weight excluding hydrogens is 446 g/mol. The molecule has 0 unspecified atom stereocenters. The molecule has 5 rings (SSSR count). The Balaban J connectivity index is 1.36. The Morgan fingerprint density at radius 3 is 2.46 bits per heavy atom. The van der Waals surface area contributed by atoms with E-state index in [1.807, 2.05) is 42.5 Å². The van der Waals surface area contributed by atoms with Gasteiger partial charge in [-0.2, -0.15) is 0 Å². The van der Waals surface area contributed by atoms with Crippen molar-refractivity contribution in [2.24, 2.45) is 0 Å². The summed E-state index contributed by atoms with van der Waals surface area (Å²) in [6, 6.07) is 16.6. The molecule has 35 heavy (non-hydrogen) atoms. The second-order valence-electron chi connectivity index (χ2n) is 8.13. The third-order valence-electron chi connectivity index (χ3n) is 5.84. The van der Waals surface area contributed by atoms with Crippen LogP contribution in [0.15, 0.2) is 65.2 Å². The van der Waals surface area contributed by atoms with Crippen molar-refractivity contribution in [3.05, 3.63) is 66.4 Å². The van der Waals surface area contributed by atoms with Crippen molar-refractivity contribution >= 4 is 18.1 Å². The largest absolute Gasteiger partial charge is 0.414 e. The molecule has 4 aromatic rings. The number of carbonyl (C=O) groups excluding carboxylic acids is 2. The van der Waals surface area contributed by atoms with E-state index in [0.717, 1.165) is 24.0 Å². The Morgan fingerprint density at radius 1 is 0.914 bits per heavy atom. The summed E-state index contributed by atoms with van der Waals surface area (Å²) in [5.74, 6) is 0.648. The Kier molecular flexibility index (Phi) is 6.16. The van der Waals surface area contributed by atoms with Gasteiger partial charge >= 0.3 is 0 Å². The summed E-state index contributed by atoms with van der Waals surface area (Å²) >= 11 is 0. The Morgan fingerprint density at radius 2 is 1.69 bits per heavy atom. The van der Waals surface area contributed by atoms with Gasteiger partial charge in [-0.05, 0) is 30.7 Å². The molecule has 0 spiro atoms. The fraction of sp³-hybridized carbons (Fsp3) is 0.200. The van der Waals surface area contributed by atoms with Crippen LogP contribution in [0.4, 0.5) is 5.82 Å². The van der Waals surface area contributed by atoms with Crippen LogP contribution in [0.1, 0.15) is 16.8 Å². The lowest BCUT2D eigenvalue weighted by Crippen LogP contribution is -2.34. The van der Waals surface area contributed by atoms with Gasteiger partial charge in [0.1, 0.15) is 0 Å². The van der Waals surface area contributed by atoms with Crippen LogP contribution in [-0.4, -0.2) is 68.5 Å². The summed E-state index contributed by atoms with van der Waals surface area (Å²) in [5, 5.41) is 8.19. The second-order valence-corrected chi connectivity index (χ2v) is 8.13. The van der Waals surface area contributed by atoms with Crippen LogP contribution in [0.2, 0.25) is 0 Å². The molecule has 10 nitrogen and oxygen atoms in total. The van der Waals surface area contributed by atoms with Crippen LogP contribution in [0.3, 0.4) is 0 Å². The fourth-order valence-corrected chi connectivity index (χ4v) is 3.92. The average Bonchev–Trinajstić information content (AvgIpc) is 3.27. The summed E-state index contributed by atoms with van der Waals surface area (Å²) in [7, 11) is 0. The van der Waals surface area contributed by atoms with Gasteiger partial charge in [-0.1, -0.05) is 30.3 Å². The van der Waals surface area contributed by atoms with E-state index in [-0.39, 0.29) is 17.6 Å². The molecule has 1 aliphatic heterocycles. The van der Waals surface area contributed by atoms with E-state index in [9.17, 15) is 9.59 Å². The van der Waals surface area contributed by atoms with Crippen molar-refractivity contribution in [2.75, 3.05) is 31.9 Å². The van der Waals surface area contributed by atoms with Crippen LogP contribution < -0.4 is 5.73 Å². The molecule has 2 aromatic carbocycles. The van der Waals surface area contributed by atoms with Crippen molar-refractivity contribution in [1.29, 1.82) is 0 Å². The number of hydrogen-bond donors (Lipinski definition) is 1. The molecule has 0 aliphatic carbocycles. The predicted molar refractivity (Wildman–Crippen MR) is 129 cm³/mol. The highest BCUT2D eigenvalue weighted by Crippen LogP contribution is 2.28. The number of benzene rings is 2. The number of aromatic nitrogens is 4. The first-order valence-electron chi connectivity index (χ1n) is 11.2. The van der Waals surface area contributed by atoms with E-state index in [1.54, 1.807) is 28.1 Å². The minimum absolute atomic E-state index is 0.0623. The number of nitrogens with zero attached hydrogens (tertiary/aromatic N) is 6. The van der Waals surface area contributed by atoms with Gasteiger partial charge in [-0.25, -0.2) is 9.97 Å². The number of nitrogens with two attached hydrogens (primary N) is 1. The molecule has 0 atom stereocenters. The zero-order chi connectivity index (χ0) is 24.2. The summed E-state index contributed by atoms with van der Waals surface area (Å²) < 4.78 is 5.79. The molecule has 1 fully saturated rings. The predicted octanol–water partition coefficient (Wildman–Crippen LogP) is 2.75. The lowest BCUT2D eigenvalue weighted by molar-refractivity contribution is -0.118. The van der Waals surface area contributed by atoms with E-state index < -0.39 is 0 Å². The Bertz CT molecular complexity index is 1340. The highest BCUT2D eigenvalue weighted by atomic mass is 16.4. The van der Waals surface area contributed by atoms with E-state index in [1.165, 1.54) is 0 Å². The standard InChI is InChI=1S/C25H23N7O3/c26-22-21(24-30-29-23(35-24)18-5-2-1-3-6-18)28-20(15-27-22)17-7-9-19(10-8-17)25(34)32-12-4-11-31(16-33)13-14-32/h1-3,5-10,15-16H,4,11-14H2,(H2,26,27). The summed E-state index contributed by atoms with van der Waals surface area (Å²) in [6.07, 6.45) is 3.16. The van der Waals surface area contributed by atoms with Gasteiger partial charge in [0.25, 0.3) is 11.8 Å². The van der Waals surface area contributed by atoms with Crippen molar-refractivity contribution < 1.29 is 14.0 Å². The lowest BCUT2D eigenvalue weighted by atomic mass is 10.1. The highest BCUT2D eigenvalue weighted by Gasteiger charge is 2.20. The number of amides is 2. The summed E-state index contributed by atoms with van der Waals surface area (Å²) in [6.45, 7) is 2.34. The number of rotatable bonds is 5. The summed E-state index contributed by atoms with van der Waals surface area (Å²) in [5.41, 5.74) is 9.03. The Labute approximate surface area is 201 Å². The average molecular weight is 470 g/mol. The molecule has 1 aliphatic rings. The van der Waals surface area contributed by atoms with Gasteiger partial charge in [-0.3, -0.25) is 9.59 Å². The van der Waals surface area contributed by atoms with E-state index in [4.69, 9.17) is 10.2 Å². The Hall–Kier alpha value is -4.60. The van der Waals surface area contributed by atoms with Crippen LogP contribution in [0.25, 0.3) is 34.3 Å². The third-order valence-corrected chi connectivity index (χ3v) is 5.84. The maximum Gasteiger partial charge on any atom is 0.270 e. The minimum atomic E-state index is -0.0623. The summed E-state index contributed by atoms with van der Waals surface area (Å²) in [4.78, 5) is 36.3. The zero-order valence-electron chi connectivity index (χ0n) is 18.9. The number of nitrogen functional groups attached to an aromatic ring is 1. The van der Waals surface area contributed by atoms with E-state index >= 15 is 0 Å². The molecule has 2 N–H and O–H groups in total. The van der Waals surface area contributed by atoms with Crippen molar-refractivity contribution in [1.82, 2.24) is 30.0 Å². The third kappa shape index (κ3) is 4.72. The van der Waals surface area contributed by atoms with Gasteiger partial charge in [-0.15, -0.1) is 10.2 Å². The molecule has 2 amide bonds. The van der Waals surface area contributed by atoms with Crippen LogP contribution >= 0.6 is 0 Å². The molecule has 0 bridgehead atoms. The molecule has 1 saturated heterocycles. The molecule has 0 radical (unpaired) electrons. The maximum atomic E-state index is 12.9. The quantitative estimate of drug-likeness (QED) is 0.442. The van der Waals surface area contributed by atoms with E-state index in [0.29, 0.717) is 49.0 Å². The SMILES string of the molecule is Nc1ncc(-c2ccc(C(=O)N3CCCN(C=O)CC3)cc2)nc1-c1nnc(-c2ccccc2)o1. The van der Waals surface area contributed by atoms with Gasteiger partial charge in [0.15, 0.2) is 11.5 Å². The lowest BCUT2D eigenvalue weighted by Gasteiger charge is -2.20. The molecule has 0 saturated carbocycles. The van der Waals surface area contributed by atoms with Crippen molar-refractivity contribution in [3.63, 3.8) is 0 Å². The normalized spacial score (nSPS) is 13.9. The first kappa shape index (κ1) is 22.2. The van der Waals surface area contributed by atoms with Crippen LogP contribution in [0.5, 0.6) is 0 Å². The zero-order valence-corrected chi connectivity index (χ0v) is 18.9. The molecular formula is C25H23N7O3. The van der Waals surface area contributed by atoms with Crippen LogP contribution in [-0.2, 0) is 4.79 Å². The molecule has 2 aromatic heterocycles. The molecule has 10 heteroatoms. The number of anilines is 1. The van der Waals surface area contributed by atoms with E-state index in [2.05, 4.69) is 20.2 Å². The minimum Gasteiger partial charge on any atom is -0.414 e. The topological polar surface area (TPSA) is 131 Å². The molecule has 176 valence electrons. The monoisotopic (exact) mass is 469 g/mol. The van der Waals surface area contributed by atoms with Gasteiger partial charge in [0, 0.05) is 42.9 Å². The first-order valence-corrected chi connectivity index (χ1v) is 11.2. The van der Waals surface area contributed by atoms with Crippen molar-refractivity contribution in [3.8, 4) is 34.3 Å². The number of hydrogen-bond acceptors (Lipinski definition) is 8. The maximum absolute atomic E-state index is 12.9. The van der Waals surface area contributed by atoms with Gasteiger partial charge in [0.05, 0.1) is 11.9 Å². The highest BCUT2D eigenvalue weighted by molar-refractivity contribution is 5.94.